The maximum absolute atomic E-state index is 15.4. The van der Waals surface area contributed by atoms with Crippen LogP contribution in [0.1, 0.15) is 38.8 Å². The summed E-state index contributed by atoms with van der Waals surface area (Å²) in [6, 6.07) is 25.1. The molecule has 1 heterocycles. The number of rotatable bonds is 9. The summed E-state index contributed by atoms with van der Waals surface area (Å²) in [4.78, 5) is 27.5. The predicted molar refractivity (Wildman–Crippen MR) is 156 cm³/mol. The molecule has 1 atom stereocenters. The van der Waals surface area contributed by atoms with Gasteiger partial charge in [0.15, 0.2) is 0 Å². The standard InChI is InChI=1S/C31H33N2O6P/c1-31(2,3)39-30(35)33(40(36,26-11-7-5-8-12-26)27-13-9-6-10-14-27)28(23-19-20-38-22-23)21-29(34)32-24-15-17-25(37-4)18-16-24/h5-20,22,28H,21H2,1-4H3,(H,32,34). The molecule has 1 unspecified atom stereocenters. The smallest absolute Gasteiger partial charge is 0.416 e. The molecule has 0 aliphatic rings. The second-order valence-electron chi connectivity index (χ2n) is 10.1. The highest BCUT2D eigenvalue weighted by Gasteiger charge is 2.45. The first kappa shape index (κ1) is 28.7. The first-order valence-corrected chi connectivity index (χ1v) is 14.5. The summed E-state index contributed by atoms with van der Waals surface area (Å²) in [6.45, 7) is 5.22. The summed E-state index contributed by atoms with van der Waals surface area (Å²) in [7, 11) is -2.34. The average molecular weight is 561 g/mol. The predicted octanol–water partition coefficient (Wildman–Crippen LogP) is 6.52. The van der Waals surface area contributed by atoms with Gasteiger partial charge in [0.2, 0.25) is 13.2 Å². The Bertz CT molecular complexity index is 1410. The number of benzene rings is 3. The van der Waals surface area contributed by atoms with Crippen LogP contribution in [0.5, 0.6) is 5.75 Å². The van der Waals surface area contributed by atoms with Crippen molar-refractivity contribution in [2.45, 2.75) is 38.8 Å². The van der Waals surface area contributed by atoms with Gasteiger partial charge in [0.05, 0.1) is 32.1 Å². The lowest BCUT2D eigenvalue weighted by atomic mass is 10.1. The monoisotopic (exact) mass is 560 g/mol. The van der Waals surface area contributed by atoms with Crippen molar-refractivity contribution in [1.82, 2.24) is 4.67 Å². The Balaban J connectivity index is 1.84. The number of amides is 2. The van der Waals surface area contributed by atoms with Crippen LogP contribution in [-0.4, -0.2) is 29.4 Å². The Morgan fingerprint density at radius 2 is 1.48 bits per heavy atom. The topological polar surface area (TPSA) is 98.1 Å². The normalized spacial score (nSPS) is 12.3. The molecule has 8 nitrogen and oxygen atoms in total. The molecule has 0 saturated carbocycles. The number of nitrogens with zero attached hydrogens (tertiary/aromatic N) is 1. The minimum Gasteiger partial charge on any atom is -0.497 e. The number of furan rings is 1. The minimum absolute atomic E-state index is 0.214. The van der Waals surface area contributed by atoms with Gasteiger partial charge in [0.1, 0.15) is 11.4 Å². The molecule has 0 aliphatic carbocycles. The van der Waals surface area contributed by atoms with Crippen LogP contribution in [0.4, 0.5) is 10.5 Å². The van der Waals surface area contributed by atoms with Gasteiger partial charge in [0, 0.05) is 21.9 Å². The van der Waals surface area contributed by atoms with E-state index >= 15 is 4.57 Å². The molecule has 0 spiro atoms. The van der Waals surface area contributed by atoms with E-state index in [9.17, 15) is 9.59 Å². The molecule has 4 aromatic rings. The van der Waals surface area contributed by atoms with Gasteiger partial charge < -0.3 is 19.2 Å². The first-order valence-electron chi connectivity index (χ1n) is 12.8. The van der Waals surface area contributed by atoms with Crippen LogP contribution in [0.15, 0.2) is 108 Å². The number of ether oxygens (including phenoxy) is 2. The molecule has 0 radical (unpaired) electrons. The lowest BCUT2D eigenvalue weighted by Gasteiger charge is -2.38. The van der Waals surface area contributed by atoms with Crippen LogP contribution in [0, 0.1) is 0 Å². The summed E-state index contributed by atoms with van der Waals surface area (Å²) in [5.74, 6) is 0.259. The highest BCUT2D eigenvalue weighted by atomic mass is 31.2. The number of hydrogen-bond donors (Lipinski definition) is 1. The summed E-state index contributed by atoms with van der Waals surface area (Å²) in [6.07, 6.45) is 1.87. The lowest BCUT2D eigenvalue weighted by Crippen LogP contribution is -2.43. The van der Waals surface area contributed by atoms with Crippen molar-refractivity contribution in [2.75, 3.05) is 12.4 Å². The molecule has 0 bridgehead atoms. The Morgan fingerprint density at radius 1 is 0.900 bits per heavy atom. The molecule has 3 aromatic carbocycles. The molecule has 0 fully saturated rings. The Morgan fingerprint density at radius 3 is 1.95 bits per heavy atom. The van der Waals surface area contributed by atoms with E-state index in [0.717, 1.165) is 0 Å². The fourth-order valence-electron chi connectivity index (χ4n) is 4.28. The van der Waals surface area contributed by atoms with E-state index < -0.39 is 30.9 Å². The summed E-state index contributed by atoms with van der Waals surface area (Å²) >= 11 is 0. The average Bonchev–Trinajstić information content (AvgIpc) is 3.48. The maximum Gasteiger partial charge on any atom is 0.416 e. The van der Waals surface area contributed by atoms with Gasteiger partial charge >= 0.3 is 6.09 Å². The van der Waals surface area contributed by atoms with Crippen molar-refractivity contribution < 1.29 is 28.0 Å². The van der Waals surface area contributed by atoms with E-state index in [4.69, 9.17) is 13.9 Å². The maximum atomic E-state index is 15.4. The highest BCUT2D eigenvalue weighted by Crippen LogP contribution is 2.53. The van der Waals surface area contributed by atoms with Crippen molar-refractivity contribution in [3.63, 3.8) is 0 Å². The van der Waals surface area contributed by atoms with E-state index in [-0.39, 0.29) is 6.42 Å². The Hall–Kier alpha value is -4.29. The third-order valence-corrected chi connectivity index (χ3v) is 9.12. The molecular weight excluding hydrogens is 527 g/mol. The van der Waals surface area contributed by atoms with E-state index in [0.29, 0.717) is 27.6 Å². The minimum atomic E-state index is -3.90. The quantitative estimate of drug-likeness (QED) is 0.234. The Labute approximate surface area is 234 Å². The second-order valence-corrected chi connectivity index (χ2v) is 12.7. The van der Waals surface area contributed by atoms with Gasteiger partial charge in [0.25, 0.3) is 0 Å². The van der Waals surface area contributed by atoms with Crippen LogP contribution in [0.2, 0.25) is 0 Å². The van der Waals surface area contributed by atoms with E-state index in [1.807, 2.05) is 12.1 Å². The number of carbonyl (C=O) groups excluding carboxylic acids is 2. The summed E-state index contributed by atoms with van der Waals surface area (Å²) < 4.78 is 33.1. The van der Waals surface area contributed by atoms with Gasteiger partial charge in [-0.25, -0.2) is 9.46 Å². The molecule has 4 rings (SSSR count). The molecule has 2 amide bonds. The number of carbonyl (C=O) groups is 2. The van der Waals surface area contributed by atoms with Gasteiger partial charge in [-0.05, 0) is 75.4 Å². The fourth-order valence-corrected chi connectivity index (χ4v) is 7.10. The first-order chi connectivity index (χ1) is 19.1. The molecule has 0 aliphatic heterocycles. The van der Waals surface area contributed by atoms with Crippen molar-refractivity contribution in [2.24, 2.45) is 0 Å². The number of hydrogen-bond acceptors (Lipinski definition) is 6. The molecule has 208 valence electrons. The molecule has 9 heteroatoms. The Kier molecular flexibility index (Phi) is 8.80. The van der Waals surface area contributed by atoms with Crippen LogP contribution < -0.4 is 20.7 Å². The van der Waals surface area contributed by atoms with Crippen LogP contribution >= 0.6 is 7.29 Å². The van der Waals surface area contributed by atoms with Crippen LogP contribution in [-0.2, 0) is 14.1 Å². The molecule has 1 N–H and O–H groups in total. The summed E-state index contributed by atoms with van der Waals surface area (Å²) in [5.41, 5.74) is 0.164. The fraction of sp³-hybridized carbons (Fsp3) is 0.226. The highest BCUT2D eigenvalue weighted by molar-refractivity contribution is 7.77. The third kappa shape index (κ3) is 6.64. The molecular formula is C31H33N2O6P. The molecule has 40 heavy (non-hydrogen) atoms. The van der Waals surface area contributed by atoms with Gasteiger partial charge in [-0.2, -0.15) is 0 Å². The van der Waals surface area contributed by atoms with Crippen LogP contribution in [0.25, 0.3) is 0 Å². The second kappa shape index (κ2) is 12.3. The van der Waals surface area contributed by atoms with E-state index in [1.54, 1.807) is 107 Å². The van der Waals surface area contributed by atoms with Gasteiger partial charge in [-0.3, -0.25) is 9.36 Å². The number of methoxy groups -OCH3 is 1. The summed E-state index contributed by atoms with van der Waals surface area (Å²) in [5, 5.41) is 3.72. The third-order valence-electron chi connectivity index (χ3n) is 6.07. The van der Waals surface area contributed by atoms with Crippen LogP contribution in [0.3, 0.4) is 0 Å². The number of anilines is 1. The van der Waals surface area contributed by atoms with Gasteiger partial charge in [-0.15, -0.1) is 0 Å². The lowest BCUT2D eigenvalue weighted by molar-refractivity contribution is -0.117. The van der Waals surface area contributed by atoms with Crippen molar-refractivity contribution in [1.29, 1.82) is 0 Å². The van der Waals surface area contributed by atoms with Crippen molar-refractivity contribution in [3.8, 4) is 5.75 Å². The molecule has 1 aromatic heterocycles. The molecule has 0 saturated heterocycles. The van der Waals surface area contributed by atoms with Crippen molar-refractivity contribution >= 4 is 35.6 Å². The van der Waals surface area contributed by atoms with Crippen molar-refractivity contribution in [3.05, 3.63) is 109 Å². The SMILES string of the molecule is COc1ccc(NC(=O)CC(c2ccoc2)N(C(=O)OC(C)(C)C)P(=O)(c2ccccc2)c2ccccc2)cc1. The zero-order valence-corrected chi connectivity index (χ0v) is 23.8. The van der Waals surface area contributed by atoms with E-state index in [2.05, 4.69) is 5.32 Å². The number of nitrogens with one attached hydrogen (secondary N) is 1. The zero-order valence-electron chi connectivity index (χ0n) is 22.9. The van der Waals surface area contributed by atoms with Gasteiger partial charge in [-0.1, -0.05) is 36.4 Å². The van der Waals surface area contributed by atoms with E-state index in [1.165, 1.54) is 17.2 Å². The largest absolute Gasteiger partial charge is 0.497 e. The zero-order chi connectivity index (χ0) is 28.8.